The largest absolute Gasteiger partial charge is 0.441 e. The van der Waals surface area contributed by atoms with E-state index < -0.39 is 31.4 Å². The number of carbonyl (C=O) groups excluding carboxylic acids is 2. The van der Waals surface area contributed by atoms with Crippen molar-refractivity contribution in [3.05, 3.63) is 89.2 Å². The number of hydrogen-bond acceptors (Lipinski definition) is 15. The number of benzene rings is 3. The van der Waals surface area contributed by atoms with E-state index in [1.54, 1.807) is 76.5 Å². The average molecular weight is 823 g/mol. The predicted molar refractivity (Wildman–Crippen MR) is 216 cm³/mol. The normalized spacial score (nSPS) is 11.2. The Morgan fingerprint density at radius 3 is 1.30 bits per heavy atom. The molecule has 0 aliphatic carbocycles. The van der Waals surface area contributed by atoms with Crippen LogP contribution in [0.1, 0.15) is 73.4 Å². The number of carbonyl (C=O) groups is 2. The maximum atomic E-state index is 13.1. The van der Waals surface area contributed by atoms with Gasteiger partial charge in [-0.2, -0.15) is 0 Å². The van der Waals surface area contributed by atoms with Gasteiger partial charge in [-0.1, -0.05) is 22.3 Å². The van der Waals surface area contributed by atoms with E-state index in [2.05, 4.69) is 32.5 Å². The van der Waals surface area contributed by atoms with Crippen LogP contribution in [0.3, 0.4) is 0 Å². The van der Waals surface area contributed by atoms with Crippen molar-refractivity contribution in [2.24, 2.45) is 0 Å². The number of nitrogens with zero attached hydrogens (tertiary/aromatic N) is 6. The van der Waals surface area contributed by atoms with Crippen molar-refractivity contribution in [3.8, 4) is 64.3 Å². The monoisotopic (exact) mass is 822 g/mol. The molecule has 3 aromatic carbocycles. The Kier molecular flexibility index (Phi) is 16.4. The zero-order valence-electron chi connectivity index (χ0n) is 34.2. The van der Waals surface area contributed by atoms with Gasteiger partial charge in [0.25, 0.3) is 0 Å². The van der Waals surface area contributed by atoms with Crippen LogP contribution in [-0.2, 0) is 37.9 Å². The number of esters is 2. The summed E-state index contributed by atoms with van der Waals surface area (Å²) in [6.45, 7) is 9.00. The number of rotatable bonds is 22. The third-order valence-electron chi connectivity index (χ3n) is 8.11. The van der Waals surface area contributed by atoms with Gasteiger partial charge < -0.3 is 42.6 Å². The van der Waals surface area contributed by atoms with Crippen LogP contribution >= 0.6 is 0 Å². The minimum absolute atomic E-state index is 0.151. The molecule has 0 spiro atoms. The summed E-state index contributed by atoms with van der Waals surface area (Å²) in [5.74, 6) is 4.06. The predicted octanol–water partition coefficient (Wildman–Crippen LogP) is 5.91. The molecule has 0 aliphatic heterocycles. The lowest BCUT2D eigenvalue weighted by Crippen LogP contribution is -2.25. The van der Waals surface area contributed by atoms with Gasteiger partial charge in [0.15, 0.2) is 0 Å². The van der Waals surface area contributed by atoms with Crippen LogP contribution < -0.4 is 4.74 Å². The molecule has 0 radical (unpaired) electrons. The van der Waals surface area contributed by atoms with E-state index >= 15 is 0 Å². The molecule has 0 saturated carbocycles. The second-order valence-electron chi connectivity index (χ2n) is 12.2. The maximum Gasteiger partial charge on any atom is 0.342 e. The van der Waals surface area contributed by atoms with E-state index in [9.17, 15) is 9.59 Å². The summed E-state index contributed by atoms with van der Waals surface area (Å²) < 4.78 is 52.7. The van der Waals surface area contributed by atoms with Crippen molar-refractivity contribution in [2.75, 3.05) is 39.6 Å². The molecule has 0 amide bonds. The highest BCUT2D eigenvalue weighted by molar-refractivity contribution is 5.91. The number of hydrogen-bond donors (Lipinski definition) is 0. The first-order valence-corrected chi connectivity index (χ1v) is 19.2. The van der Waals surface area contributed by atoms with Crippen LogP contribution in [0.15, 0.2) is 67.0 Å². The highest BCUT2D eigenvalue weighted by Gasteiger charge is 2.21. The molecular weight excluding hydrogens is 777 g/mol. The quantitative estimate of drug-likeness (QED) is 0.0457. The Balaban J connectivity index is 1.51. The molecule has 17 nitrogen and oxygen atoms in total. The molecule has 60 heavy (non-hydrogen) atoms. The molecule has 0 aliphatic rings. The summed E-state index contributed by atoms with van der Waals surface area (Å²) in [6.07, 6.45) is 14.8. The molecule has 2 aromatic heterocycles. The van der Waals surface area contributed by atoms with Crippen LogP contribution in [0.5, 0.6) is 5.75 Å². The first kappa shape index (κ1) is 44.7. The van der Waals surface area contributed by atoms with Crippen molar-refractivity contribution in [1.82, 2.24) is 30.0 Å². The number of terminal acetylenes is 2. The molecule has 5 rings (SSSR count). The maximum absolute atomic E-state index is 13.1. The van der Waals surface area contributed by atoms with E-state index in [1.165, 1.54) is 21.5 Å². The Bertz CT molecular complexity index is 2140. The van der Waals surface area contributed by atoms with Gasteiger partial charge in [0.05, 0.1) is 74.5 Å². The highest BCUT2D eigenvalue weighted by Crippen LogP contribution is 2.32. The summed E-state index contributed by atoms with van der Waals surface area (Å²) in [7, 11) is 0. The summed E-state index contributed by atoms with van der Waals surface area (Å²) in [4.78, 5) is 26.3. The fourth-order valence-electron chi connectivity index (χ4n) is 5.48. The zero-order valence-corrected chi connectivity index (χ0v) is 34.2. The Morgan fingerprint density at radius 2 is 0.933 bits per heavy atom. The third kappa shape index (κ3) is 11.8. The van der Waals surface area contributed by atoms with Gasteiger partial charge in [-0.25, -0.2) is 19.0 Å². The van der Waals surface area contributed by atoms with Gasteiger partial charge in [0.1, 0.15) is 17.1 Å². The fraction of sp³-hybridized carbons (Fsp3) is 0.349. The van der Waals surface area contributed by atoms with Crippen LogP contribution in [-0.4, -0.2) is 101 Å². The second-order valence-corrected chi connectivity index (χ2v) is 12.2. The number of aromatic nitrogens is 6. The SMILES string of the molecule is C#Cc1cc(C(=O)OC(OCC)OCC)cc(-n2cc(-c3cc(OC(OCC)OCC)cc(-c4cn(-c5cc(C#C)cc(C(=O)OC(OCC)OCC)c5)nn4)c3)nn2)c1. The Hall–Kier alpha value is -6.44. The van der Waals surface area contributed by atoms with Crippen LogP contribution in [0.25, 0.3) is 33.9 Å². The molecule has 0 fully saturated rings. The molecular formula is C43H46N6O11. The molecule has 0 saturated heterocycles. The highest BCUT2D eigenvalue weighted by atomic mass is 16.9. The van der Waals surface area contributed by atoms with Crippen molar-refractivity contribution in [1.29, 1.82) is 0 Å². The summed E-state index contributed by atoms with van der Waals surface area (Å²) in [6, 6.07) is 14.8. The first-order chi connectivity index (χ1) is 29.1. The Labute approximate surface area is 347 Å². The smallest absolute Gasteiger partial charge is 0.342 e. The minimum atomic E-state index is -1.19. The van der Waals surface area contributed by atoms with E-state index in [4.69, 9.17) is 55.5 Å². The summed E-state index contributed by atoms with van der Waals surface area (Å²) >= 11 is 0. The minimum Gasteiger partial charge on any atom is -0.441 e. The third-order valence-corrected chi connectivity index (χ3v) is 8.11. The van der Waals surface area contributed by atoms with Crippen LogP contribution in [0.2, 0.25) is 0 Å². The molecule has 5 aromatic rings. The van der Waals surface area contributed by atoms with E-state index in [0.29, 0.717) is 64.0 Å². The van der Waals surface area contributed by atoms with Gasteiger partial charge in [-0.15, -0.1) is 23.0 Å². The zero-order chi connectivity index (χ0) is 43.0. The lowest BCUT2D eigenvalue weighted by atomic mass is 10.1. The first-order valence-electron chi connectivity index (χ1n) is 19.2. The van der Waals surface area contributed by atoms with Gasteiger partial charge in [-0.3, -0.25) is 0 Å². The molecule has 2 heterocycles. The van der Waals surface area contributed by atoms with Crippen molar-refractivity contribution < 1.29 is 52.2 Å². The lowest BCUT2D eigenvalue weighted by molar-refractivity contribution is -0.257. The van der Waals surface area contributed by atoms with Crippen LogP contribution in [0, 0.1) is 24.7 Å². The molecule has 17 heteroatoms. The van der Waals surface area contributed by atoms with E-state index in [1.807, 2.05) is 19.9 Å². The molecule has 314 valence electrons. The molecule has 0 unspecified atom stereocenters. The average Bonchev–Trinajstić information content (AvgIpc) is 3.96. The van der Waals surface area contributed by atoms with E-state index in [-0.39, 0.29) is 37.6 Å². The van der Waals surface area contributed by atoms with Crippen molar-refractivity contribution in [3.63, 3.8) is 0 Å². The van der Waals surface area contributed by atoms with Gasteiger partial charge >= 0.3 is 31.4 Å². The Morgan fingerprint density at radius 1 is 0.550 bits per heavy atom. The number of ether oxygens (including phenoxy) is 9. The van der Waals surface area contributed by atoms with Crippen LogP contribution in [0.4, 0.5) is 0 Å². The van der Waals surface area contributed by atoms with Crippen molar-refractivity contribution in [2.45, 2.75) is 61.0 Å². The molecule has 0 atom stereocenters. The fourth-order valence-corrected chi connectivity index (χ4v) is 5.48. The summed E-state index contributed by atoms with van der Waals surface area (Å²) in [5.41, 5.74) is 3.95. The van der Waals surface area contributed by atoms with Gasteiger partial charge in [0, 0.05) is 22.3 Å². The standard InChI is InChI=1S/C43H46N6O11/c1-9-28-17-32(39(50)59-42(54-13-5)55-14-6)22-34(19-28)48-26-37(44-46-48)30-21-31(25-36(24-30)58-41(52-11-3)53-12-4)38-27-49(47-45-38)35-20-29(10-2)18-33(23-35)40(51)60-43(56-15-7)57-16-8/h1-2,17-27,41-43H,11-16H2,3-8H3. The summed E-state index contributed by atoms with van der Waals surface area (Å²) in [5, 5.41) is 17.5. The van der Waals surface area contributed by atoms with Gasteiger partial charge in [-0.05, 0) is 96.1 Å². The van der Waals surface area contributed by atoms with Crippen molar-refractivity contribution >= 4 is 11.9 Å². The molecule has 0 bridgehead atoms. The topological polar surface area (TPSA) is 179 Å². The molecule has 0 N–H and O–H groups in total. The second kappa shape index (κ2) is 22.1. The van der Waals surface area contributed by atoms with Gasteiger partial charge in [0.2, 0.25) is 0 Å². The lowest BCUT2D eigenvalue weighted by Gasteiger charge is -2.19. The van der Waals surface area contributed by atoms with E-state index in [0.717, 1.165) is 0 Å².